The summed E-state index contributed by atoms with van der Waals surface area (Å²) < 4.78 is 29.6. The highest BCUT2D eigenvalue weighted by molar-refractivity contribution is 7.99. The summed E-state index contributed by atoms with van der Waals surface area (Å²) in [6.45, 7) is 8.11. The van der Waals surface area contributed by atoms with Crippen molar-refractivity contribution >= 4 is 49.8 Å². The lowest BCUT2D eigenvalue weighted by Crippen LogP contribution is -2.44. The molecule has 1 N–H and O–H groups in total. The van der Waals surface area contributed by atoms with Crippen LogP contribution in [0, 0.1) is 0 Å². The van der Waals surface area contributed by atoms with E-state index in [0.717, 1.165) is 64.4 Å². The molecule has 6 nitrogen and oxygen atoms in total. The maximum Gasteiger partial charge on any atom is 0.241 e. The molecule has 0 spiro atoms. The van der Waals surface area contributed by atoms with Gasteiger partial charge in [0.2, 0.25) is 10.0 Å². The summed E-state index contributed by atoms with van der Waals surface area (Å²) in [5, 5.41) is 3.11. The van der Waals surface area contributed by atoms with Crippen molar-refractivity contribution in [3.8, 4) is 0 Å². The zero-order valence-electron chi connectivity index (χ0n) is 22.4. The van der Waals surface area contributed by atoms with E-state index in [1.165, 1.54) is 5.69 Å². The number of anilines is 1. The van der Waals surface area contributed by atoms with Crippen molar-refractivity contribution in [1.29, 1.82) is 0 Å². The van der Waals surface area contributed by atoms with Gasteiger partial charge in [-0.05, 0) is 79.4 Å². The number of rotatable bonds is 8. The Labute approximate surface area is 240 Å². The highest BCUT2D eigenvalue weighted by atomic mass is 35.5. The Morgan fingerprint density at radius 3 is 2.56 bits per heavy atom. The lowest BCUT2D eigenvalue weighted by atomic mass is 10.0. The predicted molar refractivity (Wildman–Crippen MR) is 162 cm³/mol. The summed E-state index contributed by atoms with van der Waals surface area (Å²) in [6, 6.07) is 20.6. The Bertz CT molecular complexity index is 1590. The Morgan fingerprint density at radius 2 is 1.79 bits per heavy atom. The van der Waals surface area contributed by atoms with Crippen LogP contribution in [0.5, 0.6) is 0 Å². The molecule has 9 heteroatoms. The summed E-state index contributed by atoms with van der Waals surface area (Å²) in [6.07, 6.45) is 2.51. The highest BCUT2D eigenvalue weighted by Crippen LogP contribution is 2.35. The summed E-state index contributed by atoms with van der Waals surface area (Å²) in [5.41, 5.74) is 3.20. The minimum atomic E-state index is -3.76. The number of pyridine rings is 1. The van der Waals surface area contributed by atoms with Crippen molar-refractivity contribution < 1.29 is 8.42 Å². The number of likely N-dealkylation sites (N-methyl/N-ethyl adjacent to an activating group) is 1. The van der Waals surface area contributed by atoms with Crippen LogP contribution in [-0.4, -0.2) is 51.5 Å². The number of nitrogens with one attached hydrogen (secondary N) is 1. The third kappa shape index (κ3) is 6.26. The molecule has 1 aliphatic heterocycles. The van der Waals surface area contributed by atoms with Crippen LogP contribution in [0.25, 0.3) is 10.8 Å². The minimum Gasteiger partial charge on any atom is -0.369 e. The van der Waals surface area contributed by atoms with Gasteiger partial charge in [0.05, 0.1) is 4.90 Å². The lowest BCUT2D eigenvalue weighted by Gasteiger charge is -2.34. The van der Waals surface area contributed by atoms with Crippen LogP contribution in [-0.2, 0) is 16.4 Å². The van der Waals surface area contributed by atoms with Gasteiger partial charge >= 0.3 is 0 Å². The van der Waals surface area contributed by atoms with Gasteiger partial charge in [-0.25, -0.2) is 18.1 Å². The van der Waals surface area contributed by atoms with E-state index >= 15 is 0 Å². The number of sulfonamides is 1. The normalized spacial score (nSPS) is 15.5. The number of hydrogen-bond acceptors (Lipinski definition) is 6. The fraction of sp³-hybridized carbons (Fsp3) is 0.300. The summed E-state index contributed by atoms with van der Waals surface area (Å²) in [4.78, 5) is 10.8. The maximum atomic E-state index is 13.4. The molecule has 204 valence electrons. The van der Waals surface area contributed by atoms with E-state index in [4.69, 9.17) is 11.6 Å². The van der Waals surface area contributed by atoms with E-state index in [1.807, 2.05) is 25.1 Å². The van der Waals surface area contributed by atoms with Crippen molar-refractivity contribution in [2.75, 3.05) is 38.1 Å². The molecule has 0 aliphatic carbocycles. The molecule has 1 saturated heterocycles. The summed E-state index contributed by atoms with van der Waals surface area (Å²) in [7, 11) is -1.60. The lowest BCUT2D eigenvalue weighted by molar-refractivity contribution is 0.313. The zero-order chi connectivity index (χ0) is 27.6. The Balaban J connectivity index is 1.37. The van der Waals surface area contributed by atoms with E-state index in [9.17, 15) is 8.42 Å². The third-order valence-corrected chi connectivity index (χ3v) is 10.1. The van der Waals surface area contributed by atoms with Crippen molar-refractivity contribution in [3.05, 3.63) is 89.1 Å². The largest absolute Gasteiger partial charge is 0.369 e. The molecular formula is C30H33ClN4O2S2. The van der Waals surface area contributed by atoms with Crippen LogP contribution in [0.4, 0.5) is 5.69 Å². The van der Waals surface area contributed by atoms with Crippen molar-refractivity contribution in [2.24, 2.45) is 0 Å². The number of nitrogens with zero attached hydrogens (tertiary/aromatic N) is 3. The molecule has 3 aromatic carbocycles. The fourth-order valence-electron chi connectivity index (χ4n) is 5.01. The molecule has 1 atom stereocenters. The smallest absolute Gasteiger partial charge is 0.241 e. The summed E-state index contributed by atoms with van der Waals surface area (Å²) >= 11 is 7.90. The predicted octanol–water partition coefficient (Wildman–Crippen LogP) is 6.39. The van der Waals surface area contributed by atoms with Crippen LogP contribution >= 0.6 is 23.4 Å². The number of hydrogen-bond donors (Lipinski definition) is 1. The van der Waals surface area contributed by atoms with Gasteiger partial charge in [0.15, 0.2) is 0 Å². The first-order chi connectivity index (χ1) is 18.7. The van der Waals surface area contributed by atoms with Crippen molar-refractivity contribution in [1.82, 2.24) is 14.6 Å². The number of piperazine rings is 1. The van der Waals surface area contributed by atoms with E-state index in [0.29, 0.717) is 5.02 Å². The number of halogens is 1. The molecular weight excluding hydrogens is 548 g/mol. The molecule has 1 aliphatic rings. The number of aromatic nitrogens is 1. The molecule has 1 aromatic heterocycles. The van der Waals surface area contributed by atoms with E-state index < -0.39 is 16.1 Å². The topological polar surface area (TPSA) is 65.5 Å². The second kappa shape index (κ2) is 11.9. The van der Waals surface area contributed by atoms with Crippen molar-refractivity contribution in [2.45, 2.75) is 41.1 Å². The van der Waals surface area contributed by atoms with Crippen LogP contribution in [0.1, 0.15) is 31.0 Å². The van der Waals surface area contributed by atoms with Crippen LogP contribution in [0.15, 0.2) is 87.7 Å². The molecule has 0 saturated carbocycles. The van der Waals surface area contributed by atoms with Gasteiger partial charge in [-0.15, -0.1) is 0 Å². The van der Waals surface area contributed by atoms with Gasteiger partial charge < -0.3 is 9.80 Å². The average molecular weight is 581 g/mol. The number of benzene rings is 3. The van der Waals surface area contributed by atoms with Gasteiger partial charge in [0.1, 0.15) is 5.03 Å². The minimum absolute atomic E-state index is 0.214. The van der Waals surface area contributed by atoms with Gasteiger partial charge in [-0.1, -0.05) is 54.6 Å². The third-order valence-electron chi connectivity index (χ3n) is 7.21. The fourth-order valence-corrected chi connectivity index (χ4v) is 7.56. The quantitative estimate of drug-likeness (QED) is 0.260. The van der Waals surface area contributed by atoms with Crippen LogP contribution in [0.2, 0.25) is 5.02 Å². The van der Waals surface area contributed by atoms with Gasteiger partial charge in [-0.3, -0.25) is 0 Å². The van der Waals surface area contributed by atoms with Crippen LogP contribution in [0.3, 0.4) is 0 Å². The van der Waals surface area contributed by atoms with Crippen LogP contribution < -0.4 is 9.62 Å². The molecule has 0 bridgehead atoms. The van der Waals surface area contributed by atoms with Crippen molar-refractivity contribution in [3.63, 3.8) is 0 Å². The first-order valence-electron chi connectivity index (χ1n) is 13.1. The van der Waals surface area contributed by atoms with E-state index in [1.54, 1.807) is 42.2 Å². The SMILES string of the molecule is CCc1c(C(C)NS(=O)(=O)c2ccc3c(Cl)cccc3c2)ccnc1Sc1cccc(N2CCN(C)CC2)c1. The summed E-state index contributed by atoms with van der Waals surface area (Å²) in [5.74, 6) is 0. The average Bonchev–Trinajstić information content (AvgIpc) is 2.93. The molecule has 1 fully saturated rings. The zero-order valence-corrected chi connectivity index (χ0v) is 24.8. The standard InChI is InChI=1S/C30H33ClN4O2S2/c1-4-26-27(21(2)33-39(36,37)25-11-12-28-22(19-25)7-5-10-29(28)31)13-14-32-30(26)38-24-9-6-8-23(20-24)35-17-15-34(3)16-18-35/h5-14,19-21,33H,4,15-18H2,1-3H3. The Kier molecular flexibility index (Phi) is 8.49. The molecule has 0 amide bonds. The molecule has 4 aromatic rings. The second-order valence-corrected chi connectivity index (χ2v) is 13.1. The monoisotopic (exact) mass is 580 g/mol. The molecule has 1 unspecified atom stereocenters. The maximum absolute atomic E-state index is 13.4. The second-order valence-electron chi connectivity index (χ2n) is 9.89. The van der Waals surface area contributed by atoms with E-state index in [2.05, 4.69) is 57.7 Å². The number of fused-ring (bicyclic) bond motifs is 1. The van der Waals surface area contributed by atoms with E-state index in [-0.39, 0.29) is 4.90 Å². The highest BCUT2D eigenvalue weighted by Gasteiger charge is 2.22. The molecule has 39 heavy (non-hydrogen) atoms. The molecule has 5 rings (SSSR count). The Morgan fingerprint density at radius 1 is 1.03 bits per heavy atom. The molecule has 2 heterocycles. The van der Waals surface area contributed by atoms with Gasteiger partial charge in [0.25, 0.3) is 0 Å². The first-order valence-corrected chi connectivity index (χ1v) is 15.8. The first kappa shape index (κ1) is 27.9. The Hall–Kier alpha value is -2.62. The molecule has 0 radical (unpaired) electrons. The van der Waals surface area contributed by atoms with Gasteiger partial charge in [-0.2, -0.15) is 0 Å². The van der Waals surface area contributed by atoms with Gasteiger partial charge in [0, 0.05) is 59.4 Å².